The summed E-state index contributed by atoms with van der Waals surface area (Å²) >= 11 is 0. The van der Waals surface area contributed by atoms with Crippen LogP contribution in [0.15, 0.2) is 85.1 Å². The average Bonchev–Trinajstić information content (AvgIpc) is 2.93. The van der Waals surface area contributed by atoms with Gasteiger partial charge in [-0.2, -0.15) is 0 Å². The lowest BCUT2D eigenvalue weighted by atomic mass is 9.93. The van der Waals surface area contributed by atoms with Crippen LogP contribution in [0.1, 0.15) is 50.7 Å². The number of fused-ring (bicyclic) bond motifs is 1. The minimum absolute atomic E-state index is 0.0448. The third-order valence-electron chi connectivity index (χ3n) is 6.30. The number of phosphoric ester groups is 1. The van der Waals surface area contributed by atoms with E-state index in [2.05, 4.69) is 4.98 Å². The zero-order valence-electron chi connectivity index (χ0n) is 23.0. The number of hydrogen-bond acceptors (Lipinski definition) is 7. The zero-order valence-corrected chi connectivity index (χ0v) is 23.8. The Morgan fingerprint density at radius 1 is 0.950 bits per heavy atom. The number of carbonyl (C=O) groups is 1. The first-order valence-corrected chi connectivity index (χ1v) is 15.1. The van der Waals surface area contributed by atoms with Crippen LogP contribution in [0.25, 0.3) is 22.0 Å². The van der Waals surface area contributed by atoms with E-state index in [9.17, 15) is 14.3 Å². The molecule has 0 aliphatic carbocycles. The van der Waals surface area contributed by atoms with Gasteiger partial charge in [-0.25, -0.2) is 0 Å². The summed E-state index contributed by atoms with van der Waals surface area (Å²) in [5, 5.41) is 0.982. The van der Waals surface area contributed by atoms with Gasteiger partial charge in [-0.15, -0.1) is 0 Å². The number of ketones is 1. The number of unbranched alkanes of at least 4 members (excludes halogenated alkanes) is 2. The summed E-state index contributed by atoms with van der Waals surface area (Å²) in [4.78, 5) is 29.3. The predicted octanol–water partition coefficient (Wildman–Crippen LogP) is 7.06. The number of carbonyl (C=O) groups excluding carboxylic acids is 1. The van der Waals surface area contributed by atoms with Gasteiger partial charge in [-0.1, -0.05) is 67.1 Å². The molecule has 0 radical (unpaired) electrons. The number of hydrogen-bond donors (Lipinski definition) is 0. The maximum Gasteiger partial charge on any atom is 0.268 e. The van der Waals surface area contributed by atoms with Crippen LogP contribution in [0.4, 0.5) is 0 Å². The van der Waals surface area contributed by atoms with Crippen LogP contribution in [-0.2, 0) is 31.4 Å². The Labute approximate surface area is 235 Å². The molecule has 1 unspecified atom stereocenters. The molecule has 0 spiro atoms. The number of aromatic nitrogens is 1. The number of phosphoric acid groups is 1. The van der Waals surface area contributed by atoms with E-state index < -0.39 is 13.9 Å². The fourth-order valence-electron chi connectivity index (χ4n) is 4.51. The smallest absolute Gasteiger partial charge is 0.268 e. The van der Waals surface area contributed by atoms with E-state index in [-0.39, 0.29) is 18.8 Å². The van der Waals surface area contributed by atoms with Crippen LogP contribution in [0.2, 0.25) is 0 Å². The maximum atomic E-state index is 13.0. The lowest BCUT2D eigenvalue weighted by molar-refractivity contribution is -0.228. The van der Waals surface area contributed by atoms with E-state index in [1.165, 1.54) is 0 Å². The van der Waals surface area contributed by atoms with Gasteiger partial charge in [-0.05, 0) is 67.1 Å². The highest BCUT2D eigenvalue weighted by molar-refractivity contribution is 7.45. The molecule has 0 saturated heterocycles. The molecule has 4 aromatic rings. The van der Waals surface area contributed by atoms with Crippen molar-refractivity contribution in [2.24, 2.45) is 0 Å². The Balaban J connectivity index is 1.41. The van der Waals surface area contributed by atoms with E-state index in [1.54, 1.807) is 20.0 Å². The molecule has 3 aromatic carbocycles. The van der Waals surface area contributed by atoms with Crippen LogP contribution in [0, 0.1) is 0 Å². The van der Waals surface area contributed by atoms with Crippen molar-refractivity contribution in [1.82, 2.24) is 4.98 Å². The first-order chi connectivity index (χ1) is 19.3. The summed E-state index contributed by atoms with van der Waals surface area (Å²) in [5.74, 6) is 0.858. The molecule has 0 aliphatic heterocycles. The standard InChI is InChI=1S/C32H36NO6P/c1-24(2)39-40(35,36)38-19-10-4-7-15-28(34)20-27-22-33-31-18-9-8-17-30(31)32(27)26-14-11-16-29(21-26)37-23-25-12-5-3-6-13-25/h3,5-6,8-9,11-14,16-18,21-22,24H,4,7,10,15,19-20,23H2,1-2H3,(H,35,36)/p-1. The fourth-order valence-corrected chi connectivity index (χ4v) is 5.44. The molecule has 7 nitrogen and oxygen atoms in total. The highest BCUT2D eigenvalue weighted by atomic mass is 31.2. The highest BCUT2D eigenvalue weighted by Crippen LogP contribution is 2.40. The van der Waals surface area contributed by atoms with Crippen LogP contribution >= 0.6 is 7.82 Å². The number of nitrogens with zero attached hydrogens (tertiary/aromatic N) is 1. The van der Waals surface area contributed by atoms with Crippen molar-refractivity contribution < 1.29 is 28.0 Å². The summed E-state index contributed by atoms with van der Waals surface area (Å²) < 4.78 is 27.4. The minimum atomic E-state index is -4.27. The van der Waals surface area contributed by atoms with Crippen molar-refractivity contribution in [3.8, 4) is 16.9 Å². The zero-order chi connectivity index (χ0) is 28.4. The number of Topliss-reactive ketones (excluding diaryl/α,β-unsaturated/α-hetero) is 1. The molecular formula is C32H35NO6P-. The monoisotopic (exact) mass is 560 g/mol. The molecule has 0 bridgehead atoms. The summed E-state index contributed by atoms with van der Waals surface area (Å²) in [6.45, 7) is 3.77. The van der Waals surface area contributed by atoms with Gasteiger partial charge >= 0.3 is 0 Å². The molecule has 1 heterocycles. The number of para-hydroxylation sites is 1. The van der Waals surface area contributed by atoms with Crippen molar-refractivity contribution in [2.75, 3.05) is 6.61 Å². The molecule has 1 atom stereocenters. The van der Waals surface area contributed by atoms with Gasteiger partial charge in [0.1, 0.15) is 18.1 Å². The van der Waals surface area contributed by atoms with E-state index >= 15 is 0 Å². The predicted molar refractivity (Wildman–Crippen MR) is 155 cm³/mol. The second-order valence-electron chi connectivity index (χ2n) is 9.94. The topological polar surface area (TPSA) is 97.8 Å². The summed E-state index contributed by atoms with van der Waals surface area (Å²) in [6.07, 6.45) is 3.84. The third-order valence-corrected chi connectivity index (χ3v) is 7.48. The summed E-state index contributed by atoms with van der Waals surface area (Å²) in [5.41, 5.74) is 4.77. The normalized spacial score (nSPS) is 12.9. The van der Waals surface area contributed by atoms with Gasteiger partial charge < -0.3 is 18.7 Å². The van der Waals surface area contributed by atoms with Crippen LogP contribution in [0.5, 0.6) is 5.75 Å². The SMILES string of the molecule is CC(C)OP(=O)([O-])OCCCCCC(=O)Cc1cnc2ccccc2c1-c1cccc(OCc2ccccc2)c1. The minimum Gasteiger partial charge on any atom is -0.756 e. The molecule has 0 N–H and O–H groups in total. The van der Waals surface area contributed by atoms with Gasteiger partial charge in [0, 0.05) is 24.4 Å². The number of pyridine rings is 1. The molecule has 8 heteroatoms. The Morgan fingerprint density at radius 2 is 1.73 bits per heavy atom. The van der Waals surface area contributed by atoms with E-state index in [0.29, 0.717) is 32.3 Å². The Kier molecular flexibility index (Phi) is 10.6. The lowest BCUT2D eigenvalue weighted by Crippen LogP contribution is -2.13. The summed E-state index contributed by atoms with van der Waals surface area (Å²) in [7, 11) is -4.27. The molecule has 210 valence electrons. The van der Waals surface area contributed by atoms with Gasteiger partial charge in [0.25, 0.3) is 7.82 Å². The molecule has 40 heavy (non-hydrogen) atoms. The molecule has 0 saturated carbocycles. The van der Waals surface area contributed by atoms with Gasteiger partial charge in [0.05, 0.1) is 18.2 Å². The maximum absolute atomic E-state index is 13.0. The number of ether oxygens (including phenoxy) is 1. The van der Waals surface area contributed by atoms with Crippen LogP contribution < -0.4 is 9.63 Å². The second-order valence-corrected chi connectivity index (χ2v) is 11.3. The first kappa shape index (κ1) is 29.6. The fraction of sp³-hybridized carbons (Fsp3) is 0.312. The van der Waals surface area contributed by atoms with Crippen molar-refractivity contribution in [2.45, 2.75) is 58.7 Å². The molecule has 0 fully saturated rings. The van der Waals surface area contributed by atoms with Gasteiger partial charge in [-0.3, -0.25) is 14.3 Å². The third kappa shape index (κ3) is 8.83. The Hall–Kier alpha value is -3.35. The van der Waals surface area contributed by atoms with E-state index in [1.807, 2.05) is 78.9 Å². The average molecular weight is 561 g/mol. The van der Waals surface area contributed by atoms with E-state index in [0.717, 1.165) is 38.9 Å². The van der Waals surface area contributed by atoms with Gasteiger partial charge in [0.15, 0.2) is 0 Å². The van der Waals surface area contributed by atoms with E-state index in [4.69, 9.17) is 13.8 Å². The van der Waals surface area contributed by atoms with Crippen molar-refractivity contribution in [3.63, 3.8) is 0 Å². The molecule has 1 aromatic heterocycles. The van der Waals surface area contributed by atoms with Crippen molar-refractivity contribution in [3.05, 3.63) is 96.2 Å². The molecular weight excluding hydrogens is 525 g/mol. The van der Waals surface area contributed by atoms with Crippen molar-refractivity contribution >= 4 is 24.5 Å². The summed E-state index contributed by atoms with van der Waals surface area (Å²) in [6, 6.07) is 25.9. The first-order valence-electron chi connectivity index (χ1n) is 13.6. The number of benzene rings is 3. The van der Waals surface area contributed by atoms with Crippen LogP contribution in [0.3, 0.4) is 0 Å². The second kappa shape index (κ2) is 14.3. The molecule has 0 aliphatic rings. The Morgan fingerprint density at radius 3 is 2.52 bits per heavy atom. The highest BCUT2D eigenvalue weighted by Gasteiger charge is 2.15. The quantitative estimate of drug-likeness (QED) is 0.113. The Bertz CT molecular complexity index is 1460. The molecule has 0 amide bonds. The van der Waals surface area contributed by atoms with Gasteiger partial charge in [0.2, 0.25) is 0 Å². The largest absolute Gasteiger partial charge is 0.756 e. The number of rotatable bonds is 15. The van der Waals surface area contributed by atoms with Crippen molar-refractivity contribution in [1.29, 1.82) is 0 Å². The lowest BCUT2D eigenvalue weighted by Gasteiger charge is -2.24. The molecule has 4 rings (SSSR count). The van der Waals surface area contributed by atoms with Crippen LogP contribution in [-0.4, -0.2) is 23.5 Å².